The molecule has 86 valence electrons. The molecule has 0 unspecified atom stereocenters. The average molecular weight is 245 g/mol. The summed E-state index contributed by atoms with van der Waals surface area (Å²) in [7, 11) is 0. The van der Waals surface area contributed by atoms with Gasteiger partial charge < -0.3 is 5.73 Å². The zero-order valence-corrected chi connectivity index (χ0v) is 9.96. The van der Waals surface area contributed by atoms with Crippen molar-refractivity contribution >= 4 is 38.0 Å². The molecule has 0 bridgehead atoms. The van der Waals surface area contributed by atoms with E-state index in [1.54, 1.807) is 6.20 Å². The summed E-state index contributed by atoms with van der Waals surface area (Å²) in [5.74, 6) is 0.303. The maximum atomic E-state index is 11.2. The Kier molecular flexibility index (Phi) is 2.40. The lowest BCUT2D eigenvalue weighted by molar-refractivity contribution is -0.118. The van der Waals surface area contributed by atoms with Crippen LogP contribution in [-0.2, 0) is 4.79 Å². The highest BCUT2D eigenvalue weighted by Crippen LogP contribution is 2.29. The van der Waals surface area contributed by atoms with E-state index in [-0.39, 0.29) is 0 Å². The second kappa shape index (κ2) is 3.92. The van der Waals surface area contributed by atoms with Crippen molar-refractivity contribution in [2.75, 3.05) is 5.73 Å². The number of thiazole rings is 1. The molecule has 17 heavy (non-hydrogen) atoms. The van der Waals surface area contributed by atoms with Gasteiger partial charge in [-0.1, -0.05) is 17.4 Å². The number of allylic oxidation sites excluding steroid dienone is 2. The molecule has 2 N–H and O–H groups in total. The first-order valence-electron chi connectivity index (χ1n) is 5.45. The monoisotopic (exact) mass is 245 g/mol. The number of nitrogens with zero attached hydrogens (tertiary/aromatic N) is 2. The predicted molar refractivity (Wildman–Crippen MR) is 68.7 cm³/mol. The Morgan fingerprint density at radius 1 is 1.35 bits per heavy atom. The van der Waals surface area contributed by atoms with E-state index >= 15 is 0 Å². The number of carbonyl (C=O) groups is 1. The molecular formula is C12H11N3OS. The number of ketones is 1. The second-order valence-corrected chi connectivity index (χ2v) is 5.12. The Morgan fingerprint density at radius 3 is 3.00 bits per heavy atom. The molecule has 0 aromatic carbocycles. The Morgan fingerprint density at radius 2 is 2.24 bits per heavy atom. The third-order valence-corrected chi connectivity index (χ3v) is 3.72. The summed E-state index contributed by atoms with van der Waals surface area (Å²) in [6.07, 6.45) is 5.65. The smallest absolute Gasteiger partial charge is 0.181 e. The van der Waals surface area contributed by atoms with Gasteiger partial charge in [-0.25, -0.2) is 4.98 Å². The van der Waals surface area contributed by atoms with Gasteiger partial charge in [-0.2, -0.15) is 0 Å². The minimum absolute atomic E-state index is 0.303. The van der Waals surface area contributed by atoms with Gasteiger partial charge in [0.15, 0.2) is 5.13 Å². The van der Waals surface area contributed by atoms with Gasteiger partial charge in [0.2, 0.25) is 0 Å². The molecule has 0 saturated carbocycles. The SMILES string of the molecule is Nc1nc2cnc(C3=CCC(=O)CC3)cc2s1. The zero-order chi connectivity index (χ0) is 11.8. The number of rotatable bonds is 1. The highest BCUT2D eigenvalue weighted by atomic mass is 32.1. The molecule has 0 fully saturated rings. The lowest BCUT2D eigenvalue weighted by Gasteiger charge is -2.11. The normalized spacial score (nSPS) is 16.2. The summed E-state index contributed by atoms with van der Waals surface area (Å²) in [6, 6.07) is 2.00. The van der Waals surface area contributed by atoms with Crippen molar-refractivity contribution in [2.45, 2.75) is 19.3 Å². The summed E-state index contributed by atoms with van der Waals surface area (Å²) in [5, 5.41) is 0.562. The Hall–Kier alpha value is -1.75. The van der Waals surface area contributed by atoms with Gasteiger partial charge in [-0.05, 0) is 18.1 Å². The quantitative estimate of drug-likeness (QED) is 0.837. The number of carbonyl (C=O) groups excluding carboxylic acids is 1. The lowest BCUT2D eigenvalue weighted by atomic mass is 9.96. The van der Waals surface area contributed by atoms with Crippen LogP contribution in [0.1, 0.15) is 25.0 Å². The number of Topliss-reactive ketones (excluding diaryl/α,β-unsaturated/α-hetero) is 1. The molecule has 0 saturated heterocycles. The fourth-order valence-electron chi connectivity index (χ4n) is 1.97. The first kappa shape index (κ1) is 10.4. The number of aromatic nitrogens is 2. The molecule has 1 aliphatic carbocycles. The molecule has 1 aliphatic rings. The van der Waals surface area contributed by atoms with Crippen molar-refractivity contribution in [3.8, 4) is 0 Å². The van der Waals surface area contributed by atoms with Crippen molar-refractivity contribution in [1.29, 1.82) is 0 Å². The molecule has 2 aromatic rings. The molecule has 2 aromatic heterocycles. The van der Waals surface area contributed by atoms with Crippen LogP contribution in [0.25, 0.3) is 15.8 Å². The number of nitrogens with two attached hydrogens (primary N) is 1. The second-order valence-electron chi connectivity index (χ2n) is 4.06. The van der Waals surface area contributed by atoms with E-state index in [0.29, 0.717) is 23.8 Å². The van der Waals surface area contributed by atoms with Gasteiger partial charge in [0.25, 0.3) is 0 Å². The number of pyridine rings is 1. The zero-order valence-electron chi connectivity index (χ0n) is 9.14. The maximum absolute atomic E-state index is 11.2. The summed E-state index contributed by atoms with van der Waals surface area (Å²) in [5.41, 5.74) is 8.58. The van der Waals surface area contributed by atoms with Crippen LogP contribution in [0.15, 0.2) is 18.3 Å². The topological polar surface area (TPSA) is 68.9 Å². The van der Waals surface area contributed by atoms with E-state index in [1.807, 2.05) is 12.1 Å². The van der Waals surface area contributed by atoms with Crippen molar-refractivity contribution in [1.82, 2.24) is 9.97 Å². The van der Waals surface area contributed by atoms with Crippen molar-refractivity contribution in [2.24, 2.45) is 0 Å². The third kappa shape index (κ3) is 1.93. The highest BCUT2D eigenvalue weighted by molar-refractivity contribution is 7.22. The third-order valence-electron chi connectivity index (χ3n) is 2.87. The summed E-state index contributed by atoms with van der Waals surface area (Å²) < 4.78 is 1.05. The van der Waals surface area contributed by atoms with E-state index in [1.165, 1.54) is 11.3 Å². The van der Waals surface area contributed by atoms with Crippen molar-refractivity contribution in [3.05, 3.63) is 24.0 Å². The van der Waals surface area contributed by atoms with Crippen LogP contribution in [0.5, 0.6) is 0 Å². The number of fused-ring (bicyclic) bond motifs is 1. The van der Waals surface area contributed by atoms with Crippen LogP contribution >= 0.6 is 11.3 Å². The molecule has 4 nitrogen and oxygen atoms in total. The van der Waals surface area contributed by atoms with Crippen molar-refractivity contribution in [3.63, 3.8) is 0 Å². The van der Waals surface area contributed by atoms with E-state index in [0.717, 1.165) is 27.9 Å². The standard InChI is InChI=1S/C12H11N3OS/c13-12-15-10-6-14-9(5-11(10)17-12)7-1-3-8(16)4-2-7/h1,5-6H,2-4H2,(H2,13,15). The summed E-state index contributed by atoms with van der Waals surface area (Å²) in [6.45, 7) is 0. The van der Waals surface area contributed by atoms with Crippen LogP contribution in [0.2, 0.25) is 0 Å². The van der Waals surface area contributed by atoms with E-state index in [9.17, 15) is 4.79 Å². The molecule has 0 radical (unpaired) electrons. The van der Waals surface area contributed by atoms with Gasteiger partial charge in [-0.15, -0.1) is 0 Å². The molecule has 0 spiro atoms. The van der Waals surface area contributed by atoms with Crippen LogP contribution < -0.4 is 5.73 Å². The van der Waals surface area contributed by atoms with Crippen molar-refractivity contribution < 1.29 is 4.79 Å². The van der Waals surface area contributed by atoms with Crippen LogP contribution in [0.3, 0.4) is 0 Å². The molecule has 0 aliphatic heterocycles. The summed E-state index contributed by atoms with van der Waals surface area (Å²) in [4.78, 5) is 19.7. The molecule has 5 heteroatoms. The summed E-state index contributed by atoms with van der Waals surface area (Å²) >= 11 is 1.46. The van der Waals surface area contributed by atoms with Gasteiger partial charge in [-0.3, -0.25) is 9.78 Å². The fourth-order valence-corrected chi connectivity index (χ4v) is 2.72. The Balaban J connectivity index is 2.03. The highest BCUT2D eigenvalue weighted by Gasteiger charge is 2.13. The van der Waals surface area contributed by atoms with E-state index < -0.39 is 0 Å². The lowest BCUT2D eigenvalue weighted by Crippen LogP contribution is -2.03. The van der Waals surface area contributed by atoms with Gasteiger partial charge >= 0.3 is 0 Å². The molecule has 0 amide bonds. The largest absolute Gasteiger partial charge is 0.375 e. The molecular weight excluding hydrogens is 234 g/mol. The molecule has 0 atom stereocenters. The number of anilines is 1. The van der Waals surface area contributed by atoms with Gasteiger partial charge in [0.05, 0.1) is 16.6 Å². The minimum atomic E-state index is 0.303. The Bertz CT molecular complexity index is 630. The minimum Gasteiger partial charge on any atom is -0.375 e. The number of hydrogen-bond acceptors (Lipinski definition) is 5. The van der Waals surface area contributed by atoms with Crippen LogP contribution in [0.4, 0.5) is 5.13 Å². The van der Waals surface area contributed by atoms with Gasteiger partial charge in [0, 0.05) is 12.8 Å². The number of hydrogen-bond donors (Lipinski definition) is 1. The van der Waals surface area contributed by atoms with Gasteiger partial charge in [0.1, 0.15) is 11.3 Å². The Labute approximate surface area is 102 Å². The first-order valence-corrected chi connectivity index (χ1v) is 6.27. The average Bonchev–Trinajstić information content (AvgIpc) is 2.69. The van der Waals surface area contributed by atoms with E-state index in [4.69, 9.17) is 5.73 Å². The van der Waals surface area contributed by atoms with E-state index in [2.05, 4.69) is 9.97 Å². The molecule has 2 heterocycles. The molecule has 3 rings (SSSR count). The maximum Gasteiger partial charge on any atom is 0.181 e. The predicted octanol–water partition coefficient (Wildman–Crippen LogP) is 2.41. The van der Waals surface area contributed by atoms with Crippen LogP contribution in [-0.4, -0.2) is 15.8 Å². The van der Waals surface area contributed by atoms with Crippen LogP contribution in [0, 0.1) is 0 Å². The number of nitrogen functional groups attached to an aromatic ring is 1. The first-order chi connectivity index (χ1) is 8.22. The fraction of sp³-hybridized carbons (Fsp3) is 0.250.